The van der Waals surface area contributed by atoms with Gasteiger partial charge in [-0.15, -0.1) is 0 Å². The fourth-order valence-corrected chi connectivity index (χ4v) is 2.62. The van der Waals surface area contributed by atoms with E-state index in [1.807, 2.05) is 24.3 Å². The molecule has 1 saturated heterocycles. The average Bonchev–Trinajstić information content (AvgIpc) is 2.90. The molecular weight excluding hydrogens is 226 g/mol. The van der Waals surface area contributed by atoms with Crippen molar-refractivity contribution in [3.63, 3.8) is 0 Å². The van der Waals surface area contributed by atoms with Gasteiger partial charge in [-0.25, -0.2) is 0 Å². The molecule has 3 atom stereocenters. The zero-order valence-corrected chi connectivity index (χ0v) is 11.2. The van der Waals surface area contributed by atoms with Crippen molar-refractivity contribution in [1.29, 1.82) is 0 Å². The molecule has 18 heavy (non-hydrogen) atoms. The van der Waals surface area contributed by atoms with Gasteiger partial charge in [0.2, 0.25) is 0 Å². The van der Waals surface area contributed by atoms with E-state index in [1.54, 1.807) is 6.92 Å². The Bertz CT molecular complexity index is 373. The van der Waals surface area contributed by atoms with Gasteiger partial charge >= 0.3 is 0 Å². The molecule has 0 saturated carbocycles. The van der Waals surface area contributed by atoms with E-state index in [0.29, 0.717) is 12.0 Å². The Morgan fingerprint density at radius 1 is 1.44 bits per heavy atom. The number of ether oxygens (including phenoxy) is 1. The van der Waals surface area contributed by atoms with Crippen LogP contribution in [0, 0.1) is 5.92 Å². The van der Waals surface area contributed by atoms with Crippen molar-refractivity contribution in [2.45, 2.75) is 38.8 Å². The van der Waals surface area contributed by atoms with Crippen LogP contribution in [-0.4, -0.2) is 24.4 Å². The lowest BCUT2D eigenvalue weighted by Gasteiger charge is -2.25. The molecule has 1 aromatic carbocycles. The van der Waals surface area contributed by atoms with Crippen molar-refractivity contribution in [3.8, 4) is 0 Å². The van der Waals surface area contributed by atoms with Crippen LogP contribution >= 0.6 is 0 Å². The maximum Gasteiger partial charge on any atom is 0.0781 e. The van der Waals surface area contributed by atoms with E-state index in [1.165, 1.54) is 0 Å². The summed E-state index contributed by atoms with van der Waals surface area (Å²) in [6, 6.07) is 8.41. The quantitative estimate of drug-likeness (QED) is 0.843. The highest BCUT2D eigenvalue weighted by Crippen LogP contribution is 2.27. The van der Waals surface area contributed by atoms with Crippen molar-refractivity contribution in [1.82, 2.24) is 0 Å². The molecule has 100 valence electrons. The molecule has 1 heterocycles. The Morgan fingerprint density at radius 2 is 2.22 bits per heavy atom. The number of nitrogens with one attached hydrogen (secondary N) is 1. The van der Waals surface area contributed by atoms with E-state index in [2.05, 4.69) is 12.2 Å². The molecule has 2 rings (SSSR count). The summed E-state index contributed by atoms with van der Waals surface area (Å²) in [4.78, 5) is 0. The summed E-state index contributed by atoms with van der Waals surface area (Å²) < 4.78 is 5.47. The summed E-state index contributed by atoms with van der Waals surface area (Å²) in [5.41, 5.74) is 2.01. The van der Waals surface area contributed by atoms with Crippen molar-refractivity contribution in [3.05, 3.63) is 29.8 Å². The summed E-state index contributed by atoms with van der Waals surface area (Å²) in [7, 11) is 0. The number of anilines is 1. The molecule has 1 fully saturated rings. The Morgan fingerprint density at radius 3 is 2.83 bits per heavy atom. The zero-order chi connectivity index (χ0) is 13.0. The number of rotatable bonds is 5. The summed E-state index contributed by atoms with van der Waals surface area (Å²) in [5, 5.41) is 13.4. The first kappa shape index (κ1) is 13.4. The van der Waals surface area contributed by atoms with Crippen LogP contribution in [0.15, 0.2) is 24.3 Å². The van der Waals surface area contributed by atoms with Crippen LogP contribution in [0.4, 0.5) is 5.69 Å². The predicted molar refractivity (Wildman–Crippen MR) is 73.7 cm³/mol. The molecule has 1 aromatic rings. The lowest BCUT2D eigenvalue weighted by Crippen LogP contribution is -2.29. The second kappa shape index (κ2) is 6.21. The van der Waals surface area contributed by atoms with Crippen molar-refractivity contribution in [2.75, 3.05) is 18.5 Å². The Balaban J connectivity index is 2.11. The van der Waals surface area contributed by atoms with Gasteiger partial charge in [-0.05, 0) is 25.8 Å². The van der Waals surface area contributed by atoms with E-state index >= 15 is 0 Å². The molecule has 1 aliphatic rings. The third-order valence-electron chi connectivity index (χ3n) is 3.73. The van der Waals surface area contributed by atoms with E-state index < -0.39 is 6.10 Å². The standard InChI is InChI=1S/C15H23NO2/c1-3-14(12-8-9-18-10-12)16-15-7-5-4-6-13(15)11(2)17/h4-7,11-12,14,16-17H,3,8-10H2,1-2H3. The van der Waals surface area contributed by atoms with E-state index in [0.717, 1.165) is 37.3 Å². The number of benzene rings is 1. The summed E-state index contributed by atoms with van der Waals surface area (Å²) >= 11 is 0. The molecule has 2 N–H and O–H groups in total. The molecule has 0 bridgehead atoms. The SMILES string of the molecule is CCC(Nc1ccccc1C(C)O)C1CCOC1. The third kappa shape index (κ3) is 3.03. The minimum Gasteiger partial charge on any atom is -0.389 e. The largest absolute Gasteiger partial charge is 0.389 e. The van der Waals surface area contributed by atoms with Gasteiger partial charge in [0.15, 0.2) is 0 Å². The van der Waals surface area contributed by atoms with Crippen LogP contribution < -0.4 is 5.32 Å². The number of para-hydroxylation sites is 1. The van der Waals surface area contributed by atoms with Gasteiger partial charge in [0.1, 0.15) is 0 Å². The smallest absolute Gasteiger partial charge is 0.0781 e. The van der Waals surface area contributed by atoms with Crippen LogP contribution in [0.25, 0.3) is 0 Å². The molecule has 0 amide bonds. The fourth-order valence-electron chi connectivity index (χ4n) is 2.62. The molecule has 0 spiro atoms. The minimum absolute atomic E-state index is 0.424. The highest BCUT2D eigenvalue weighted by molar-refractivity contribution is 5.52. The lowest BCUT2D eigenvalue weighted by atomic mass is 9.96. The second-order valence-corrected chi connectivity index (χ2v) is 5.05. The van der Waals surface area contributed by atoms with Gasteiger partial charge in [0, 0.05) is 29.8 Å². The first-order chi connectivity index (χ1) is 8.72. The molecule has 3 heteroatoms. The first-order valence-electron chi connectivity index (χ1n) is 6.83. The maximum atomic E-state index is 9.79. The Hall–Kier alpha value is -1.06. The molecular formula is C15H23NO2. The topological polar surface area (TPSA) is 41.5 Å². The van der Waals surface area contributed by atoms with Crippen LogP contribution in [0.5, 0.6) is 0 Å². The van der Waals surface area contributed by atoms with Gasteiger partial charge in [-0.1, -0.05) is 25.1 Å². The van der Waals surface area contributed by atoms with Gasteiger partial charge in [-0.2, -0.15) is 0 Å². The van der Waals surface area contributed by atoms with E-state index in [4.69, 9.17) is 4.74 Å². The summed E-state index contributed by atoms with van der Waals surface area (Å²) in [5.74, 6) is 0.581. The zero-order valence-electron chi connectivity index (χ0n) is 11.2. The highest BCUT2D eigenvalue weighted by Gasteiger charge is 2.25. The van der Waals surface area contributed by atoms with Crippen LogP contribution in [0.3, 0.4) is 0 Å². The average molecular weight is 249 g/mol. The lowest BCUT2D eigenvalue weighted by molar-refractivity contribution is 0.181. The maximum absolute atomic E-state index is 9.79. The molecule has 0 aliphatic carbocycles. The monoisotopic (exact) mass is 249 g/mol. The van der Waals surface area contributed by atoms with Gasteiger partial charge in [0.05, 0.1) is 12.7 Å². The Kier molecular flexibility index (Phi) is 4.61. The summed E-state index contributed by atoms with van der Waals surface area (Å²) in [6.45, 7) is 5.73. The third-order valence-corrected chi connectivity index (χ3v) is 3.73. The van der Waals surface area contributed by atoms with E-state index in [9.17, 15) is 5.11 Å². The van der Waals surface area contributed by atoms with Gasteiger partial charge in [-0.3, -0.25) is 0 Å². The number of aliphatic hydroxyl groups excluding tert-OH is 1. The van der Waals surface area contributed by atoms with Crippen LogP contribution in [0.2, 0.25) is 0 Å². The highest BCUT2D eigenvalue weighted by atomic mass is 16.5. The number of hydrogen-bond acceptors (Lipinski definition) is 3. The van der Waals surface area contributed by atoms with Crippen LogP contribution in [0.1, 0.15) is 38.4 Å². The van der Waals surface area contributed by atoms with Gasteiger partial charge < -0.3 is 15.2 Å². The molecule has 1 aliphatic heterocycles. The van der Waals surface area contributed by atoms with Crippen LogP contribution in [-0.2, 0) is 4.74 Å². The predicted octanol–water partition coefficient (Wildman–Crippen LogP) is 2.97. The summed E-state index contributed by atoms with van der Waals surface area (Å²) in [6.07, 6.45) is 1.76. The molecule has 3 nitrogen and oxygen atoms in total. The van der Waals surface area contributed by atoms with Crippen molar-refractivity contribution >= 4 is 5.69 Å². The minimum atomic E-state index is -0.439. The molecule has 0 aromatic heterocycles. The second-order valence-electron chi connectivity index (χ2n) is 5.05. The van der Waals surface area contributed by atoms with E-state index in [-0.39, 0.29) is 0 Å². The van der Waals surface area contributed by atoms with Crippen molar-refractivity contribution in [2.24, 2.45) is 5.92 Å². The normalized spacial score (nSPS) is 22.7. The fraction of sp³-hybridized carbons (Fsp3) is 0.600. The number of hydrogen-bond donors (Lipinski definition) is 2. The Labute approximate surface area is 109 Å². The molecule has 3 unspecified atom stereocenters. The van der Waals surface area contributed by atoms with Gasteiger partial charge in [0.25, 0.3) is 0 Å². The number of aliphatic hydroxyl groups is 1. The first-order valence-corrected chi connectivity index (χ1v) is 6.83. The molecule has 0 radical (unpaired) electrons. The van der Waals surface area contributed by atoms with Crippen molar-refractivity contribution < 1.29 is 9.84 Å².